The van der Waals surface area contributed by atoms with Gasteiger partial charge in [-0.05, 0) is 48.1 Å². The first-order valence-corrected chi connectivity index (χ1v) is 7.93. The summed E-state index contributed by atoms with van der Waals surface area (Å²) >= 11 is 0. The van der Waals surface area contributed by atoms with Crippen LogP contribution in [0.25, 0.3) is 0 Å². The van der Waals surface area contributed by atoms with E-state index in [4.69, 9.17) is 20.4 Å². The molecule has 3 heteroatoms. The fraction of sp³-hybridized carbons (Fsp3) is 0.381. The van der Waals surface area contributed by atoms with Crippen molar-refractivity contribution in [3.8, 4) is 11.5 Å². The van der Waals surface area contributed by atoms with E-state index in [1.54, 1.807) is 0 Å². The molecule has 0 unspecified atom stereocenters. The molecular formula is C21H24O3. The lowest BCUT2D eigenvalue weighted by Gasteiger charge is -2.38. The molecule has 3 nitrogen and oxygen atoms in total. The number of esters is 1. The molecule has 0 atom stereocenters. The molecular weight excluding hydrogens is 300 g/mol. The second-order valence-corrected chi connectivity index (χ2v) is 5.85. The highest BCUT2D eigenvalue weighted by molar-refractivity contribution is 5.69. The van der Waals surface area contributed by atoms with Crippen LogP contribution in [0.2, 0.25) is 0 Å². The Kier molecular flexibility index (Phi) is 2.73. The highest BCUT2D eigenvalue weighted by Crippen LogP contribution is 2.45. The van der Waals surface area contributed by atoms with E-state index >= 15 is 0 Å². The predicted octanol–water partition coefficient (Wildman–Crippen LogP) is 4.87. The summed E-state index contributed by atoms with van der Waals surface area (Å²) in [7, 11) is 1.26. The lowest BCUT2D eigenvalue weighted by atomic mass is 9.65. The Balaban J connectivity index is 2.44. The maximum Gasteiger partial charge on any atom is 0.308 e. The number of rotatable bonds is 4. The predicted molar refractivity (Wildman–Crippen MR) is 94.6 cm³/mol. The smallest absolute Gasteiger partial charge is 0.308 e. The molecule has 0 aliphatic heterocycles. The number of hydrogen-bond acceptors (Lipinski definition) is 3. The average Bonchev–Trinajstić information content (AvgIpc) is 2.75. The van der Waals surface area contributed by atoms with Gasteiger partial charge in [0, 0.05) is 12.3 Å². The highest BCUT2D eigenvalue weighted by atomic mass is 16.5. The highest BCUT2D eigenvalue weighted by Gasteiger charge is 2.35. The third-order valence-corrected chi connectivity index (χ3v) is 4.32. The Morgan fingerprint density at radius 1 is 0.917 bits per heavy atom. The third kappa shape index (κ3) is 3.30. The Bertz CT molecular complexity index is 1040. The summed E-state index contributed by atoms with van der Waals surface area (Å²) in [5.74, 6) is -1.45. The number of hydrogen-bond donors (Lipinski definition) is 0. The molecule has 2 aromatic rings. The molecule has 0 spiro atoms. The fourth-order valence-corrected chi connectivity index (χ4v) is 3.16. The fourth-order valence-electron chi connectivity index (χ4n) is 3.16. The molecule has 0 radical (unpaired) electrons. The Labute approximate surface area is 154 Å². The lowest BCUT2D eigenvalue weighted by molar-refractivity contribution is -0.131. The zero-order valence-corrected chi connectivity index (χ0v) is 13.8. The van der Waals surface area contributed by atoms with Crippen molar-refractivity contribution in [2.75, 3.05) is 7.11 Å². The van der Waals surface area contributed by atoms with Gasteiger partial charge in [-0.15, -0.1) is 0 Å². The van der Waals surface area contributed by atoms with E-state index in [0.29, 0.717) is 25.7 Å². The van der Waals surface area contributed by atoms with E-state index < -0.39 is 41.3 Å². The van der Waals surface area contributed by atoms with Crippen LogP contribution in [0.4, 0.5) is 0 Å². The molecule has 0 saturated heterocycles. The van der Waals surface area contributed by atoms with Gasteiger partial charge in [-0.25, -0.2) is 0 Å². The van der Waals surface area contributed by atoms with Crippen LogP contribution in [0, 0.1) is 0 Å². The van der Waals surface area contributed by atoms with Gasteiger partial charge in [-0.2, -0.15) is 0 Å². The average molecular weight is 332 g/mol. The Hall–Kier alpha value is -2.29. The molecule has 1 aliphatic rings. The van der Waals surface area contributed by atoms with Crippen molar-refractivity contribution < 1.29 is 25.2 Å². The maximum atomic E-state index is 11.4. The van der Waals surface area contributed by atoms with Gasteiger partial charge in [0.05, 0.1) is 18.1 Å². The Morgan fingerprint density at radius 3 is 1.88 bits per heavy atom. The molecule has 0 aromatic heterocycles. The number of carbonyl (C=O) groups is 1. The minimum absolute atomic E-state index is 0.00549. The molecule has 1 aliphatic carbocycles. The molecule has 1 saturated carbocycles. The second-order valence-electron chi connectivity index (χ2n) is 5.85. The molecule has 2 aromatic carbocycles. The van der Waals surface area contributed by atoms with Crippen molar-refractivity contribution in [3.05, 3.63) is 59.5 Å². The van der Waals surface area contributed by atoms with Crippen LogP contribution in [0.5, 0.6) is 11.5 Å². The zero-order chi connectivity index (χ0) is 24.0. The summed E-state index contributed by atoms with van der Waals surface area (Å²) in [5.41, 5.74) is -1.23. The van der Waals surface area contributed by atoms with Crippen molar-refractivity contribution >= 4 is 5.97 Å². The van der Waals surface area contributed by atoms with Gasteiger partial charge >= 0.3 is 5.97 Å². The summed E-state index contributed by atoms with van der Waals surface area (Å²) < 4.78 is 77.8. The normalized spacial score (nSPS) is 21.1. The van der Waals surface area contributed by atoms with Gasteiger partial charge in [0.15, 0.2) is 0 Å². The topological polar surface area (TPSA) is 35.5 Å². The summed E-state index contributed by atoms with van der Waals surface area (Å²) in [6, 6.07) is -3.26. The van der Waals surface area contributed by atoms with Crippen molar-refractivity contribution in [2.24, 2.45) is 0 Å². The number of methoxy groups -OCH3 is 1. The summed E-state index contributed by atoms with van der Waals surface area (Å²) in [5, 5.41) is 0. The summed E-state index contributed by atoms with van der Waals surface area (Å²) in [6.07, 6.45) is 2.82. The van der Waals surface area contributed by atoms with E-state index in [-0.39, 0.29) is 41.0 Å². The summed E-state index contributed by atoms with van der Waals surface area (Å²) in [6.45, 7) is 1.10. The van der Waals surface area contributed by atoms with Crippen molar-refractivity contribution in [1.29, 1.82) is 0 Å². The van der Waals surface area contributed by atoms with E-state index in [9.17, 15) is 4.79 Å². The quantitative estimate of drug-likeness (QED) is 0.592. The molecule has 126 valence electrons. The van der Waals surface area contributed by atoms with Crippen LogP contribution in [0.3, 0.4) is 0 Å². The standard InChI is InChI=1S/C21H24O3/c1-16(22)24-20-12-8-18(9-13-20)21(14-4-3-5-15-21)17-6-10-19(23-2)11-7-17/h6-13H,3-5,14-15H2,1-2H3/i6D,7D,8D,9D,10D,11D,12D,13D. The first-order chi connectivity index (χ1) is 15.0. The van der Waals surface area contributed by atoms with Crippen LogP contribution in [-0.4, -0.2) is 13.1 Å². The van der Waals surface area contributed by atoms with Crippen LogP contribution in [0.15, 0.2) is 48.3 Å². The Morgan fingerprint density at radius 2 is 1.42 bits per heavy atom. The monoisotopic (exact) mass is 332 g/mol. The van der Waals surface area contributed by atoms with Gasteiger partial charge in [-0.3, -0.25) is 4.79 Å². The third-order valence-electron chi connectivity index (χ3n) is 4.32. The van der Waals surface area contributed by atoms with Crippen LogP contribution in [0.1, 0.15) is 61.1 Å². The van der Waals surface area contributed by atoms with Gasteiger partial charge in [0.25, 0.3) is 0 Å². The SMILES string of the molecule is [2H]c1c([2H])c(C2(c3c([2H])c([2H])c(OC(C)=O)c([2H])c3[2H])CCCCC2)c([2H])c([2H])c1OC. The minimum Gasteiger partial charge on any atom is -0.497 e. The van der Waals surface area contributed by atoms with Crippen LogP contribution >= 0.6 is 0 Å². The van der Waals surface area contributed by atoms with Gasteiger partial charge in [-0.1, -0.05) is 43.4 Å². The van der Waals surface area contributed by atoms with E-state index in [0.717, 1.165) is 13.3 Å². The van der Waals surface area contributed by atoms with Crippen molar-refractivity contribution in [2.45, 2.75) is 44.4 Å². The van der Waals surface area contributed by atoms with Gasteiger partial charge < -0.3 is 9.47 Å². The largest absolute Gasteiger partial charge is 0.497 e. The van der Waals surface area contributed by atoms with Crippen molar-refractivity contribution in [1.82, 2.24) is 0 Å². The number of ether oxygens (including phenoxy) is 2. The number of benzene rings is 2. The zero-order valence-electron chi connectivity index (χ0n) is 21.8. The molecule has 24 heavy (non-hydrogen) atoms. The second kappa shape index (κ2) is 7.08. The lowest BCUT2D eigenvalue weighted by Crippen LogP contribution is -2.30. The number of carbonyl (C=O) groups excluding carboxylic acids is 1. The van der Waals surface area contributed by atoms with Gasteiger partial charge in [0.1, 0.15) is 11.5 Å². The van der Waals surface area contributed by atoms with Gasteiger partial charge in [0.2, 0.25) is 0 Å². The van der Waals surface area contributed by atoms with E-state index in [1.807, 2.05) is 0 Å². The van der Waals surface area contributed by atoms with Crippen LogP contribution < -0.4 is 9.47 Å². The minimum atomic E-state index is -1.27. The first-order valence-electron chi connectivity index (χ1n) is 11.9. The molecule has 0 amide bonds. The molecule has 1 fully saturated rings. The molecule has 0 heterocycles. The summed E-state index contributed by atoms with van der Waals surface area (Å²) in [4.78, 5) is 11.4. The van der Waals surface area contributed by atoms with Crippen LogP contribution in [-0.2, 0) is 10.2 Å². The molecule has 3 rings (SSSR count). The molecule has 0 bridgehead atoms. The first kappa shape index (κ1) is 9.26. The molecule has 0 N–H and O–H groups in total. The van der Waals surface area contributed by atoms with E-state index in [1.165, 1.54) is 7.11 Å². The maximum absolute atomic E-state index is 11.4. The van der Waals surface area contributed by atoms with Crippen molar-refractivity contribution in [3.63, 3.8) is 0 Å². The van der Waals surface area contributed by atoms with E-state index in [2.05, 4.69) is 0 Å².